The van der Waals surface area contributed by atoms with Gasteiger partial charge in [-0.25, -0.2) is 0 Å². The number of rotatable bonds is 4. The van der Waals surface area contributed by atoms with Crippen LogP contribution in [0.5, 0.6) is 5.75 Å². The van der Waals surface area contributed by atoms with Crippen LogP contribution < -0.4 is 10.1 Å². The first-order valence-electron chi connectivity index (χ1n) is 7.05. The Morgan fingerprint density at radius 3 is 2.64 bits per heavy atom. The predicted octanol–water partition coefficient (Wildman–Crippen LogP) is 3.58. The van der Waals surface area contributed by atoms with Crippen LogP contribution in [0.2, 0.25) is 0 Å². The molecule has 0 saturated heterocycles. The van der Waals surface area contributed by atoms with Gasteiger partial charge in [-0.05, 0) is 44.5 Å². The molecule has 4 nitrogen and oxygen atoms in total. The van der Waals surface area contributed by atoms with Crippen molar-refractivity contribution in [3.63, 3.8) is 0 Å². The molecule has 0 bridgehead atoms. The van der Waals surface area contributed by atoms with Gasteiger partial charge in [0.2, 0.25) is 0 Å². The zero-order valence-electron chi connectivity index (χ0n) is 12.9. The van der Waals surface area contributed by atoms with Crippen molar-refractivity contribution >= 4 is 11.6 Å². The minimum absolute atomic E-state index is 0.289. The zero-order chi connectivity index (χ0) is 16.1. The highest BCUT2D eigenvalue weighted by Crippen LogP contribution is 2.21. The molecule has 1 amide bonds. The van der Waals surface area contributed by atoms with E-state index in [1.807, 2.05) is 38.1 Å². The summed E-state index contributed by atoms with van der Waals surface area (Å²) in [5, 5.41) is 11.8. The minimum Gasteiger partial charge on any atom is -0.481 e. The van der Waals surface area contributed by atoms with Gasteiger partial charge < -0.3 is 10.1 Å². The molecular formula is C18H18N2O2. The normalized spacial score (nSPS) is 11.4. The molecule has 1 atom stereocenters. The van der Waals surface area contributed by atoms with Gasteiger partial charge >= 0.3 is 0 Å². The van der Waals surface area contributed by atoms with Crippen LogP contribution in [0, 0.1) is 25.2 Å². The van der Waals surface area contributed by atoms with E-state index in [0.717, 1.165) is 11.1 Å². The largest absolute Gasteiger partial charge is 0.481 e. The molecule has 0 saturated carbocycles. The highest BCUT2D eigenvalue weighted by molar-refractivity contribution is 5.95. The van der Waals surface area contributed by atoms with Crippen LogP contribution in [0.25, 0.3) is 0 Å². The molecule has 0 fully saturated rings. The number of nitrogens with one attached hydrogen (secondary N) is 1. The van der Waals surface area contributed by atoms with Crippen LogP contribution in [0.15, 0.2) is 42.5 Å². The fraction of sp³-hybridized carbons (Fsp3) is 0.222. The fourth-order valence-corrected chi connectivity index (χ4v) is 2.10. The van der Waals surface area contributed by atoms with Gasteiger partial charge in [-0.3, -0.25) is 4.79 Å². The lowest BCUT2D eigenvalue weighted by Crippen LogP contribution is -2.30. The molecule has 4 heteroatoms. The molecule has 0 heterocycles. The smallest absolute Gasteiger partial charge is 0.265 e. The number of nitrogens with zero attached hydrogens (tertiary/aromatic N) is 1. The average Bonchev–Trinajstić information content (AvgIpc) is 2.50. The van der Waals surface area contributed by atoms with E-state index in [-0.39, 0.29) is 5.91 Å². The highest BCUT2D eigenvalue weighted by Gasteiger charge is 2.17. The maximum absolute atomic E-state index is 12.2. The Morgan fingerprint density at radius 2 is 1.95 bits per heavy atom. The van der Waals surface area contributed by atoms with Crippen molar-refractivity contribution in [3.05, 3.63) is 59.2 Å². The van der Waals surface area contributed by atoms with Crippen LogP contribution in [0.1, 0.15) is 23.6 Å². The molecule has 0 aliphatic carbocycles. The fourth-order valence-electron chi connectivity index (χ4n) is 2.10. The molecular weight excluding hydrogens is 276 g/mol. The lowest BCUT2D eigenvalue weighted by atomic mass is 10.1. The maximum atomic E-state index is 12.2. The first-order chi connectivity index (χ1) is 10.5. The maximum Gasteiger partial charge on any atom is 0.265 e. The van der Waals surface area contributed by atoms with E-state index in [1.54, 1.807) is 31.2 Å². The molecule has 0 aliphatic heterocycles. The van der Waals surface area contributed by atoms with Gasteiger partial charge in [0.25, 0.3) is 5.91 Å². The summed E-state index contributed by atoms with van der Waals surface area (Å²) in [4.78, 5) is 12.2. The van der Waals surface area contributed by atoms with Crippen LogP contribution in [0.4, 0.5) is 5.69 Å². The summed E-state index contributed by atoms with van der Waals surface area (Å²) in [6, 6.07) is 14.7. The van der Waals surface area contributed by atoms with Gasteiger partial charge in [-0.2, -0.15) is 5.26 Å². The number of para-hydroxylation sites is 1. The number of amides is 1. The molecule has 2 aromatic carbocycles. The van der Waals surface area contributed by atoms with E-state index >= 15 is 0 Å². The topological polar surface area (TPSA) is 62.1 Å². The van der Waals surface area contributed by atoms with E-state index in [9.17, 15) is 4.79 Å². The molecule has 1 N–H and O–H groups in total. The van der Waals surface area contributed by atoms with E-state index in [1.165, 1.54) is 0 Å². The summed E-state index contributed by atoms with van der Waals surface area (Å²) >= 11 is 0. The van der Waals surface area contributed by atoms with E-state index < -0.39 is 6.10 Å². The van der Waals surface area contributed by atoms with Crippen molar-refractivity contribution in [1.29, 1.82) is 5.26 Å². The Labute approximate surface area is 130 Å². The van der Waals surface area contributed by atoms with Crippen molar-refractivity contribution in [3.8, 4) is 11.8 Å². The monoisotopic (exact) mass is 294 g/mol. The molecule has 0 radical (unpaired) electrons. The highest BCUT2D eigenvalue weighted by atomic mass is 16.5. The van der Waals surface area contributed by atoms with Crippen molar-refractivity contribution in [2.75, 3.05) is 5.32 Å². The Morgan fingerprint density at radius 1 is 1.23 bits per heavy atom. The lowest BCUT2D eigenvalue weighted by molar-refractivity contribution is -0.122. The molecule has 0 aliphatic rings. The van der Waals surface area contributed by atoms with Crippen LogP contribution >= 0.6 is 0 Å². The third kappa shape index (κ3) is 3.64. The summed E-state index contributed by atoms with van der Waals surface area (Å²) in [5.41, 5.74) is 3.04. The first-order valence-corrected chi connectivity index (χ1v) is 7.05. The Bertz CT molecular complexity index is 732. The third-order valence-corrected chi connectivity index (χ3v) is 3.31. The van der Waals surface area contributed by atoms with E-state index in [0.29, 0.717) is 17.0 Å². The molecule has 0 unspecified atom stereocenters. The summed E-state index contributed by atoms with van der Waals surface area (Å²) in [7, 11) is 0. The predicted molar refractivity (Wildman–Crippen MR) is 85.8 cm³/mol. The Kier molecular flexibility index (Phi) is 4.80. The quantitative estimate of drug-likeness (QED) is 0.937. The number of aryl methyl sites for hydroxylation is 2. The summed E-state index contributed by atoms with van der Waals surface area (Å²) in [6.07, 6.45) is -0.659. The molecule has 2 rings (SSSR count). The van der Waals surface area contributed by atoms with Gasteiger partial charge in [-0.1, -0.05) is 29.8 Å². The van der Waals surface area contributed by atoms with Crippen LogP contribution in [0.3, 0.4) is 0 Å². The van der Waals surface area contributed by atoms with Crippen molar-refractivity contribution < 1.29 is 9.53 Å². The number of ether oxygens (including phenoxy) is 1. The van der Waals surface area contributed by atoms with Crippen molar-refractivity contribution in [2.45, 2.75) is 26.9 Å². The number of anilines is 1. The second-order valence-corrected chi connectivity index (χ2v) is 5.18. The second kappa shape index (κ2) is 6.77. The SMILES string of the molecule is Cc1ccc(O[C@H](C)C(=O)Nc2ccccc2C#N)c(C)c1. The van der Waals surface area contributed by atoms with Gasteiger partial charge in [0.15, 0.2) is 6.10 Å². The molecule has 0 spiro atoms. The summed E-state index contributed by atoms with van der Waals surface area (Å²) in [6.45, 7) is 5.63. The van der Waals surface area contributed by atoms with E-state index in [4.69, 9.17) is 10.00 Å². The molecule has 22 heavy (non-hydrogen) atoms. The average molecular weight is 294 g/mol. The van der Waals surface area contributed by atoms with Crippen molar-refractivity contribution in [1.82, 2.24) is 0 Å². The van der Waals surface area contributed by atoms with Gasteiger partial charge in [-0.15, -0.1) is 0 Å². The summed E-state index contributed by atoms with van der Waals surface area (Å²) in [5.74, 6) is 0.393. The number of nitriles is 1. The Hall–Kier alpha value is -2.80. The molecule has 0 aromatic heterocycles. The van der Waals surface area contributed by atoms with Gasteiger partial charge in [0.05, 0.1) is 11.3 Å². The second-order valence-electron chi connectivity index (χ2n) is 5.18. The lowest BCUT2D eigenvalue weighted by Gasteiger charge is -2.17. The zero-order valence-corrected chi connectivity index (χ0v) is 12.9. The van der Waals surface area contributed by atoms with Crippen LogP contribution in [-0.2, 0) is 4.79 Å². The minimum atomic E-state index is -0.659. The first kappa shape index (κ1) is 15.6. The number of carbonyl (C=O) groups excluding carboxylic acids is 1. The molecule has 112 valence electrons. The summed E-state index contributed by atoms with van der Waals surface area (Å²) < 4.78 is 5.71. The number of hydrogen-bond acceptors (Lipinski definition) is 3. The van der Waals surface area contributed by atoms with Gasteiger partial charge in [0.1, 0.15) is 11.8 Å². The van der Waals surface area contributed by atoms with Gasteiger partial charge in [0, 0.05) is 0 Å². The molecule has 2 aromatic rings. The number of hydrogen-bond donors (Lipinski definition) is 1. The number of carbonyl (C=O) groups is 1. The number of benzene rings is 2. The third-order valence-electron chi connectivity index (χ3n) is 3.31. The Balaban J connectivity index is 2.08. The standard InChI is InChI=1S/C18H18N2O2/c1-12-8-9-17(13(2)10-12)22-14(3)18(21)20-16-7-5-4-6-15(16)11-19/h4-10,14H,1-3H3,(H,20,21)/t14-/m1/s1. The van der Waals surface area contributed by atoms with Crippen LogP contribution in [-0.4, -0.2) is 12.0 Å². The van der Waals surface area contributed by atoms with Crippen molar-refractivity contribution in [2.24, 2.45) is 0 Å². The van der Waals surface area contributed by atoms with E-state index in [2.05, 4.69) is 5.32 Å².